The Labute approximate surface area is 556 Å². The first-order valence-corrected chi connectivity index (χ1v) is 36.9. The van der Waals surface area contributed by atoms with Crippen LogP contribution in [0.2, 0.25) is 0 Å². The van der Waals surface area contributed by atoms with Gasteiger partial charge in [0.1, 0.15) is 41.7 Å². The quantitative estimate of drug-likeness (QED) is 0.0654. The van der Waals surface area contributed by atoms with Crippen LogP contribution in [0.4, 0.5) is 0 Å². The van der Waals surface area contributed by atoms with Crippen molar-refractivity contribution in [2.24, 2.45) is 33.5 Å². The molecule has 0 aromatic heterocycles. The van der Waals surface area contributed by atoms with Crippen molar-refractivity contribution in [1.82, 2.24) is 0 Å². The molecular formula is C64H80I2O23P2. The molecule has 4 saturated carbocycles. The summed E-state index contributed by atoms with van der Waals surface area (Å²) in [5.74, 6) is -8.85. The predicted molar refractivity (Wildman–Crippen MR) is 344 cm³/mol. The zero-order chi connectivity index (χ0) is 67.7. The highest BCUT2D eigenvalue weighted by Crippen LogP contribution is 2.67. The maximum atomic E-state index is 15.2. The standard InChI is InChI=1S/C33H41O12P.C31H39O11P.I2/c1-16-21(41-17(2)34)14-33(39)28(43-29(38)20-11-9-8-10-12-20)26-31(7,27(37)25(42-18(3)35)24(16)30(33,5)6)22(45-46)13-23-32(26,15-40-23)44-19(4)36;1-15-19(34)13-31(37)26(40-27(36)18-10-8-7-9-11-18)24-29(6,25(35)23(39-16(2)32)22(15)28(31,4)5)20(42-43)12-21-30(24,14-38-21)41-17(3)33;1-2/h8-12,21-23,25-26,28,39H,13-15,46H2,1-7H3;7-11,19-21,23-24,26,34,37H,12-14,43H2,1-6H3;/t21?,22?,23?,25?,26?,28?,31-,32+,33?;19?,20?,21?,23?,24?,26?,29-,30+,31?;/m11./s1. The number of aliphatic hydroxyl groups is 3. The maximum absolute atomic E-state index is 15.2. The van der Waals surface area contributed by atoms with Crippen molar-refractivity contribution in [2.45, 2.75) is 199 Å². The van der Waals surface area contributed by atoms with Crippen LogP contribution in [0.1, 0.15) is 136 Å². The number of benzene rings is 2. The van der Waals surface area contributed by atoms with E-state index in [1.165, 1.54) is 34.6 Å². The van der Waals surface area contributed by atoms with Crippen molar-refractivity contribution < 1.29 is 110 Å². The van der Waals surface area contributed by atoms with Crippen molar-refractivity contribution in [3.63, 3.8) is 0 Å². The molecule has 498 valence electrons. The number of fused-ring (bicyclic) bond motifs is 10. The van der Waals surface area contributed by atoms with Crippen LogP contribution in [0.5, 0.6) is 0 Å². The lowest BCUT2D eigenvalue weighted by atomic mass is 9.44. The summed E-state index contributed by atoms with van der Waals surface area (Å²) in [6, 6.07) is 16.3. The minimum atomic E-state index is -2.10. The highest BCUT2D eigenvalue weighted by molar-refractivity contribution is 15.0. The second kappa shape index (κ2) is 26.7. The highest BCUT2D eigenvalue weighted by Gasteiger charge is 2.81. The van der Waals surface area contributed by atoms with Gasteiger partial charge >= 0.3 is 41.8 Å². The fourth-order valence-corrected chi connectivity index (χ4v) is 17.3. The number of carbonyl (C=O) groups is 9. The normalized spacial score (nSPS) is 37.9. The van der Waals surface area contributed by atoms with Gasteiger partial charge in [0.15, 0.2) is 35.0 Å². The molecule has 20 atom stereocenters. The molecular weight excluding hydrogens is 1450 g/mol. The summed E-state index contributed by atoms with van der Waals surface area (Å²) >= 11 is 4.24. The van der Waals surface area contributed by atoms with E-state index in [2.05, 4.69) is 56.2 Å². The van der Waals surface area contributed by atoms with E-state index in [1.807, 2.05) is 0 Å². The van der Waals surface area contributed by atoms with Gasteiger partial charge in [0.05, 0.1) is 65.3 Å². The second-order valence-corrected chi connectivity index (χ2v) is 26.9. The minimum Gasteiger partial charge on any atom is -0.458 e. The average molecular weight is 1530 g/mol. The van der Waals surface area contributed by atoms with Gasteiger partial charge < -0.3 is 67.0 Å². The van der Waals surface area contributed by atoms with Gasteiger partial charge in [-0.05, 0) is 74.3 Å². The Hall–Kier alpha value is -4.41. The van der Waals surface area contributed by atoms with E-state index >= 15 is 9.59 Å². The summed E-state index contributed by atoms with van der Waals surface area (Å²) in [5, 5.41) is 37.5. The fourth-order valence-electron chi connectivity index (χ4n) is 16.5. The Morgan fingerprint density at radius 3 is 1.20 bits per heavy atom. The summed E-state index contributed by atoms with van der Waals surface area (Å²) in [5.41, 5.74) is -11.9. The molecule has 0 amide bonds. The van der Waals surface area contributed by atoms with E-state index < -0.39 is 170 Å². The number of halogens is 2. The molecule has 23 nitrogen and oxygen atoms in total. The number of ketones is 2. The number of hydrogen-bond acceptors (Lipinski definition) is 23. The van der Waals surface area contributed by atoms with E-state index in [9.17, 15) is 48.9 Å². The Balaban J connectivity index is 0.000000229. The highest BCUT2D eigenvalue weighted by atomic mass is 128. The van der Waals surface area contributed by atoms with Gasteiger partial charge in [-0.25, -0.2) is 9.59 Å². The first-order chi connectivity index (χ1) is 42.5. The Kier molecular flexibility index (Phi) is 21.2. The van der Waals surface area contributed by atoms with E-state index in [1.54, 1.807) is 116 Å². The van der Waals surface area contributed by atoms with Gasteiger partial charge in [0.25, 0.3) is 0 Å². The molecule has 0 spiro atoms. The molecule has 6 fully saturated rings. The van der Waals surface area contributed by atoms with Crippen LogP contribution in [0, 0.1) is 33.5 Å². The zero-order valence-corrected chi connectivity index (χ0v) is 59.5. The SMILES string of the molecule is CC(=O)OC1C(=O)[C@]2(C)C(OP)CC3OC[C@@]3(OC(C)=O)C2C(OC(=O)c2ccccc2)C2(O)CC(O)C(C)=C1C2(C)C.CC(=O)OC1CC2(O)C(OC(=O)c3ccccc3)C3[C@]4(OC(C)=O)COC4CC(OP)[C@@]3(C)C(=O)C(OC(C)=O)C(=C1C)C2(C)C.II. The third-order valence-electron chi connectivity index (χ3n) is 21.0. The van der Waals surface area contributed by atoms with Crippen molar-refractivity contribution in [3.8, 4) is 0 Å². The zero-order valence-electron chi connectivity index (χ0n) is 52.9. The lowest BCUT2D eigenvalue weighted by molar-refractivity contribution is -0.343. The largest absolute Gasteiger partial charge is 0.458 e. The summed E-state index contributed by atoms with van der Waals surface area (Å²) in [6.07, 6.45) is -12.3. The lowest BCUT2D eigenvalue weighted by Crippen LogP contribution is -2.82. The van der Waals surface area contributed by atoms with E-state index in [0.717, 1.165) is 0 Å². The van der Waals surface area contributed by atoms with Crippen molar-refractivity contribution in [1.29, 1.82) is 0 Å². The number of esters is 7. The van der Waals surface area contributed by atoms with Gasteiger partial charge in [-0.1, -0.05) is 64.1 Å². The molecule has 0 radical (unpaired) electrons. The van der Waals surface area contributed by atoms with Crippen LogP contribution in [0.25, 0.3) is 0 Å². The van der Waals surface area contributed by atoms with Crippen LogP contribution < -0.4 is 0 Å². The van der Waals surface area contributed by atoms with E-state index in [4.69, 9.17) is 51.7 Å². The number of rotatable bonds is 11. The lowest BCUT2D eigenvalue weighted by Gasteiger charge is -2.67. The van der Waals surface area contributed by atoms with Crippen LogP contribution in [-0.4, -0.2) is 165 Å². The monoisotopic (exact) mass is 1530 g/mol. The molecule has 16 unspecified atom stereocenters. The summed E-state index contributed by atoms with van der Waals surface area (Å²) in [7, 11) is 4.32. The van der Waals surface area contributed by atoms with Crippen LogP contribution in [-0.2, 0) is 85.2 Å². The van der Waals surface area contributed by atoms with Gasteiger partial charge in [0, 0.05) is 127 Å². The second-order valence-electron chi connectivity index (χ2n) is 26.3. The van der Waals surface area contributed by atoms with E-state index in [0.29, 0.717) is 11.1 Å². The molecule has 6 aliphatic carbocycles. The molecule has 3 N–H and O–H groups in total. The first kappa shape index (κ1) is 72.4. The Morgan fingerprint density at radius 1 is 0.527 bits per heavy atom. The minimum absolute atomic E-state index is 0.0948. The molecule has 91 heavy (non-hydrogen) atoms. The van der Waals surface area contributed by atoms with Crippen LogP contribution >= 0.6 is 56.2 Å². The molecule has 2 heterocycles. The molecule has 2 saturated heterocycles. The third kappa shape index (κ3) is 11.8. The Bertz CT molecular complexity index is 3310. The first-order valence-electron chi connectivity index (χ1n) is 29.7. The van der Waals surface area contributed by atoms with Gasteiger partial charge in [-0.2, -0.15) is 0 Å². The third-order valence-corrected chi connectivity index (χ3v) is 21.6. The van der Waals surface area contributed by atoms with Gasteiger partial charge in [0.2, 0.25) is 0 Å². The van der Waals surface area contributed by atoms with Crippen molar-refractivity contribution >= 4 is 110 Å². The summed E-state index contributed by atoms with van der Waals surface area (Å²) < 4.78 is 65.4. The van der Waals surface area contributed by atoms with Crippen molar-refractivity contribution in [3.05, 3.63) is 94.1 Å². The molecule has 2 aromatic rings. The van der Waals surface area contributed by atoms with Crippen molar-refractivity contribution in [2.75, 3.05) is 13.2 Å². The van der Waals surface area contributed by atoms with Gasteiger partial charge in [-0.3, -0.25) is 33.6 Å². The van der Waals surface area contributed by atoms with Crippen LogP contribution in [0.3, 0.4) is 0 Å². The molecule has 10 rings (SSSR count). The molecule has 8 aliphatic rings. The average Bonchev–Trinajstić information content (AvgIpc) is 0.678. The summed E-state index contributed by atoms with van der Waals surface area (Å²) in [6.45, 7) is 18.8. The molecule has 27 heteroatoms. The number of aliphatic hydroxyl groups excluding tert-OH is 1. The molecule has 2 aliphatic heterocycles. The number of hydrogen-bond donors (Lipinski definition) is 3. The molecule has 4 bridgehead atoms. The topological polar surface area (TPSA) is 316 Å². The van der Waals surface area contributed by atoms with E-state index in [-0.39, 0.29) is 61.2 Å². The number of Topliss-reactive ketones (excluding diaryl/α,β-unsaturated/α-hetero) is 2. The smallest absolute Gasteiger partial charge is 0.338 e. The van der Waals surface area contributed by atoms with Gasteiger partial charge in [-0.15, -0.1) is 0 Å². The maximum Gasteiger partial charge on any atom is 0.338 e. The molecule has 2 aromatic carbocycles. The number of carbonyl (C=O) groups excluding carboxylic acids is 9. The number of ether oxygens (including phenoxy) is 9. The Morgan fingerprint density at radius 2 is 0.879 bits per heavy atom. The fraction of sp³-hybridized carbons (Fsp3) is 0.609. The summed E-state index contributed by atoms with van der Waals surface area (Å²) in [4.78, 5) is 121. The van der Waals surface area contributed by atoms with Crippen LogP contribution in [0.15, 0.2) is 83.0 Å². The predicted octanol–water partition coefficient (Wildman–Crippen LogP) is 7.28.